The average Bonchev–Trinajstić information content (AvgIpc) is 3.78. The molecule has 2 aromatic heterocycles. The lowest BCUT2D eigenvalue weighted by Crippen LogP contribution is -2.31. The van der Waals surface area contributed by atoms with Crippen molar-refractivity contribution in [3.63, 3.8) is 0 Å². The molecular formula is C29H24ClN3O7S. The van der Waals surface area contributed by atoms with Crippen molar-refractivity contribution in [2.75, 3.05) is 26.1 Å². The van der Waals surface area contributed by atoms with Gasteiger partial charge in [0.05, 0.1) is 42.3 Å². The monoisotopic (exact) mass is 593 g/mol. The molecule has 3 heterocycles. The van der Waals surface area contributed by atoms with Gasteiger partial charge in [0, 0.05) is 23.6 Å². The summed E-state index contributed by atoms with van der Waals surface area (Å²) in [5.41, 5.74) is 1.57. The third-order valence-corrected chi connectivity index (χ3v) is 7.40. The van der Waals surface area contributed by atoms with Crippen LogP contribution in [0.3, 0.4) is 0 Å². The number of benzene rings is 2. The molecular weight excluding hydrogens is 570 g/mol. The van der Waals surface area contributed by atoms with E-state index in [2.05, 4.69) is 10.4 Å². The second kappa shape index (κ2) is 12.3. The Hall–Kier alpha value is -4.61. The number of hydrogen-bond donors (Lipinski definition) is 1. The lowest BCUT2D eigenvalue weighted by atomic mass is 10.0. The summed E-state index contributed by atoms with van der Waals surface area (Å²) in [4.78, 5) is 39.8. The quantitative estimate of drug-likeness (QED) is 0.244. The van der Waals surface area contributed by atoms with E-state index in [1.165, 1.54) is 49.0 Å². The summed E-state index contributed by atoms with van der Waals surface area (Å²) in [6, 6.07) is 16.3. The Morgan fingerprint density at radius 2 is 1.83 bits per heavy atom. The Kier molecular flexibility index (Phi) is 8.37. The summed E-state index contributed by atoms with van der Waals surface area (Å²) in [7, 11) is 2.85. The first-order chi connectivity index (χ1) is 19.9. The van der Waals surface area contributed by atoms with Gasteiger partial charge in [0.1, 0.15) is 11.8 Å². The molecule has 0 saturated heterocycles. The van der Waals surface area contributed by atoms with Gasteiger partial charge in [0.2, 0.25) is 0 Å². The molecule has 5 rings (SSSR count). The first kappa shape index (κ1) is 27.9. The lowest BCUT2D eigenvalue weighted by Gasteiger charge is -2.20. The van der Waals surface area contributed by atoms with Crippen LogP contribution in [0.1, 0.15) is 43.8 Å². The summed E-state index contributed by atoms with van der Waals surface area (Å²) in [6.07, 6.45) is 1.91. The fourth-order valence-corrected chi connectivity index (χ4v) is 5.02. The zero-order valence-corrected chi connectivity index (χ0v) is 23.5. The molecule has 0 spiro atoms. The number of amides is 2. The van der Waals surface area contributed by atoms with Crippen molar-refractivity contribution in [1.29, 1.82) is 0 Å². The molecule has 41 heavy (non-hydrogen) atoms. The number of hydrogen-bond acceptors (Lipinski definition) is 9. The van der Waals surface area contributed by atoms with Gasteiger partial charge in [0.15, 0.2) is 18.1 Å². The number of nitrogens with one attached hydrogen (secondary N) is 1. The maximum absolute atomic E-state index is 13.3. The number of halogens is 1. The number of nitrogens with zero attached hydrogens (tertiary/aromatic N) is 2. The summed E-state index contributed by atoms with van der Waals surface area (Å²) in [5.74, 6) is -0.751. The second-order valence-corrected chi connectivity index (χ2v) is 10.2. The van der Waals surface area contributed by atoms with Gasteiger partial charge in [-0.3, -0.25) is 9.59 Å². The van der Waals surface area contributed by atoms with Crippen LogP contribution in [-0.4, -0.2) is 49.3 Å². The van der Waals surface area contributed by atoms with Crippen LogP contribution < -0.4 is 14.8 Å². The van der Waals surface area contributed by atoms with Crippen LogP contribution in [0.25, 0.3) is 0 Å². The first-order valence-corrected chi connectivity index (χ1v) is 13.6. The number of rotatable bonds is 9. The van der Waals surface area contributed by atoms with E-state index in [4.69, 9.17) is 30.2 Å². The number of anilines is 1. The highest BCUT2D eigenvalue weighted by Crippen LogP contribution is 2.35. The van der Waals surface area contributed by atoms with Crippen LogP contribution in [0.2, 0.25) is 5.02 Å². The molecule has 0 radical (unpaired) electrons. The first-order valence-electron chi connectivity index (χ1n) is 12.3. The van der Waals surface area contributed by atoms with E-state index < -0.39 is 30.4 Å². The largest absolute Gasteiger partial charge is 0.493 e. The van der Waals surface area contributed by atoms with Gasteiger partial charge in [-0.1, -0.05) is 29.8 Å². The van der Waals surface area contributed by atoms with Crippen LogP contribution in [-0.2, 0) is 9.53 Å². The zero-order valence-electron chi connectivity index (χ0n) is 22.0. The number of furan rings is 1. The predicted octanol–water partition coefficient (Wildman–Crippen LogP) is 5.80. The van der Waals surface area contributed by atoms with Crippen molar-refractivity contribution in [3.8, 4) is 11.5 Å². The molecule has 0 bridgehead atoms. The van der Waals surface area contributed by atoms with E-state index in [1.807, 2.05) is 12.1 Å². The SMILES string of the molecule is COc1cc(NC(=O)c2cccs2)c(C(=O)OCC(=O)N2N=C(c3ccc(Cl)cc3)CC2c2ccco2)cc1OC. The van der Waals surface area contributed by atoms with E-state index in [1.54, 1.807) is 41.8 Å². The van der Waals surface area contributed by atoms with Crippen LogP contribution >= 0.6 is 22.9 Å². The van der Waals surface area contributed by atoms with Gasteiger partial charge in [-0.2, -0.15) is 5.10 Å². The van der Waals surface area contributed by atoms with Crippen molar-refractivity contribution in [1.82, 2.24) is 5.01 Å². The molecule has 1 unspecified atom stereocenters. The number of carbonyl (C=O) groups is 3. The number of hydrazone groups is 1. The molecule has 1 aliphatic rings. The molecule has 1 atom stereocenters. The van der Waals surface area contributed by atoms with Crippen molar-refractivity contribution in [2.45, 2.75) is 12.5 Å². The molecule has 0 fully saturated rings. The molecule has 210 valence electrons. The summed E-state index contributed by atoms with van der Waals surface area (Å²) in [5, 5.41) is 10.8. The zero-order chi connectivity index (χ0) is 28.9. The normalized spacial score (nSPS) is 14.4. The minimum Gasteiger partial charge on any atom is -0.493 e. The Labute approximate surface area is 244 Å². The maximum atomic E-state index is 13.3. The van der Waals surface area contributed by atoms with Gasteiger partial charge in [-0.05, 0) is 41.3 Å². The van der Waals surface area contributed by atoms with Gasteiger partial charge in [-0.15, -0.1) is 11.3 Å². The summed E-state index contributed by atoms with van der Waals surface area (Å²) < 4.78 is 21.6. The molecule has 2 amide bonds. The van der Waals surface area contributed by atoms with Crippen molar-refractivity contribution in [2.24, 2.45) is 5.10 Å². The molecule has 12 heteroatoms. The highest BCUT2D eigenvalue weighted by Gasteiger charge is 2.35. The smallest absolute Gasteiger partial charge is 0.340 e. The molecule has 4 aromatic rings. The van der Waals surface area contributed by atoms with Gasteiger partial charge in [0.25, 0.3) is 11.8 Å². The Morgan fingerprint density at radius 1 is 1.07 bits per heavy atom. The number of carbonyl (C=O) groups excluding carboxylic acids is 3. The summed E-state index contributed by atoms with van der Waals surface area (Å²) >= 11 is 7.27. The van der Waals surface area contributed by atoms with Crippen molar-refractivity contribution in [3.05, 3.63) is 99.1 Å². The van der Waals surface area contributed by atoms with Crippen LogP contribution in [0.15, 0.2) is 81.8 Å². The Morgan fingerprint density at radius 3 is 2.49 bits per heavy atom. The third kappa shape index (κ3) is 6.11. The van der Waals surface area contributed by atoms with E-state index in [9.17, 15) is 14.4 Å². The van der Waals surface area contributed by atoms with Gasteiger partial charge < -0.3 is 23.9 Å². The fourth-order valence-electron chi connectivity index (χ4n) is 4.27. The highest BCUT2D eigenvalue weighted by molar-refractivity contribution is 7.12. The molecule has 1 N–H and O–H groups in total. The fraction of sp³-hybridized carbons (Fsp3) is 0.172. The number of ether oxygens (including phenoxy) is 3. The second-order valence-electron chi connectivity index (χ2n) is 8.79. The minimum atomic E-state index is -0.851. The number of thiophene rings is 1. The average molecular weight is 594 g/mol. The van der Waals surface area contributed by atoms with E-state index in [0.29, 0.717) is 33.5 Å². The van der Waals surface area contributed by atoms with Crippen LogP contribution in [0.5, 0.6) is 11.5 Å². The molecule has 1 aliphatic heterocycles. The van der Waals surface area contributed by atoms with E-state index in [-0.39, 0.29) is 17.0 Å². The van der Waals surface area contributed by atoms with E-state index in [0.717, 1.165) is 5.56 Å². The third-order valence-electron chi connectivity index (χ3n) is 6.28. The standard InChI is InChI=1S/C29H24ClN3O7S/c1-37-24-13-19(21(15-25(24)38-2)31-28(35)26-6-4-12-41-26)29(36)40-16-27(34)33-22(23-5-3-11-39-23)14-20(32-33)17-7-9-18(30)10-8-17/h3-13,15,22H,14,16H2,1-2H3,(H,31,35). The summed E-state index contributed by atoms with van der Waals surface area (Å²) in [6.45, 7) is -0.611. The molecule has 2 aromatic carbocycles. The van der Waals surface area contributed by atoms with Gasteiger partial charge in [-0.25, -0.2) is 9.80 Å². The topological polar surface area (TPSA) is 120 Å². The van der Waals surface area contributed by atoms with E-state index >= 15 is 0 Å². The number of methoxy groups -OCH3 is 2. The molecule has 0 aliphatic carbocycles. The number of esters is 1. The molecule has 0 saturated carbocycles. The van der Waals surface area contributed by atoms with Crippen LogP contribution in [0.4, 0.5) is 5.69 Å². The highest BCUT2D eigenvalue weighted by atomic mass is 35.5. The molecule has 10 nitrogen and oxygen atoms in total. The van der Waals surface area contributed by atoms with Gasteiger partial charge >= 0.3 is 5.97 Å². The van der Waals surface area contributed by atoms with Crippen LogP contribution in [0, 0.1) is 0 Å². The van der Waals surface area contributed by atoms with Crippen molar-refractivity contribution < 1.29 is 33.0 Å². The van der Waals surface area contributed by atoms with Crippen molar-refractivity contribution >= 4 is 52.1 Å². The predicted molar refractivity (Wildman–Crippen MR) is 153 cm³/mol. The maximum Gasteiger partial charge on any atom is 0.340 e. The Balaban J connectivity index is 1.37. The minimum absolute atomic E-state index is 0.0188. The lowest BCUT2D eigenvalue weighted by molar-refractivity contribution is -0.136. The Bertz CT molecular complexity index is 1590.